The quantitative estimate of drug-likeness (QED) is 0.265. The van der Waals surface area contributed by atoms with Gasteiger partial charge in [-0.1, -0.05) is 42.9 Å². The molecule has 5 nitrogen and oxygen atoms in total. The van der Waals surface area contributed by atoms with Crippen LogP contribution in [0.15, 0.2) is 27.6 Å². The number of nitrogens with one attached hydrogen (secondary N) is 1. The molecule has 1 aliphatic rings. The van der Waals surface area contributed by atoms with Crippen LogP contribution < -0.4 is 5.32 Å². The molecule has 148 valence electrons. The second-order valence-electron chi connectivity index (χ2n) is 6.40. The lowest BCUT2D eigenvalue weighted by molar-refractivity contribution is -0.117. The Bertz CT molecular complexity index is 934. The number of unbranched alkanes of at least 4 members (excludes halogenated alkanes) is 1. The number of rotatable bonds is 9. The Morgan fingerprint density at radius 2 is 2.18 bits per heavy atom. The summed E-state index contributed by atoms with van der Waals surface area (Å²) in [7, 11) is 0. The Morgan fingerprint density at radius 1 is 1.32 bits per heavy atom. The number of nitrogens with zero attached hydrogens (tertiary/aromatic N) is 2. The molecule has 0 saturated heterocycles. The second-order valence-corrected chi connectivity index (χ2v) is 9.39. The molecule has 0 radical (unpaired) electrons. The normalized spacial score (nSPS) is 14.0. The average molecular weight is 434 g/mol. The van der Waals surface area contributed by atoms with Gasteiger partial charge in [-0.05, 0) is 43.6 Å². The molecule has 0 unspecified atom stereocenters. The van der Waals surface area contributed by atoms with E-state index in [0.717, 1.165) is 46.8 Å². The van der Waals surface area contributed by atoms with E-state index >= 15 is 0 Å². The van der Waals surface area contributed by atoms with Crippen LogP contribution in [0.25, 0.3) is 10.2 Å². The number of aldehydes is 1. The van der Waals surface area contributed by atoms with Crippen LogP contribution in [0.4, 0.5) is 0 Å². The first-order chi connectivity index (χ1) is 13.6. The number of aryl methyl sites for hydroxylation is 3. The predicted octanol–water partition coefficient (Wildman–Crippen LogP) is 4.78. The second kappa shape index (κ2) is 10.2. The van der Waals surface area contributed by atoms with Gasteiger partial charge in [-0.25, -0.2) is 9.97 Å². The molecule has 0 aliphatic heterocycles. The van der Waals surface area contributed by atoms with E-state index in [0.29, 0.717) is 11.3 Å². The van der Waals surface area contributed by atoms with Gasteiger partial charge >= 0.3 is 0 Å². The summed E-state index contributed by atoms with van der Waals surface area (Å²) in [5, 5.41) is 7.26. The Labute approximate surface area is 177 Å². The maximum absolute atomic E-state index is 12.4. The summed E-state index contributed by atoms with van der Waals surface area (Å²) in [5.74, 6) is 0.824. The fraction of sp³-hybridized carbons (Fsp3) is 0.400. The number of thioether (sulfide) groups is 2. The standard InChI is InChI=1S/C20H23N3O2S3/c1-3-4-5-11-26-17(9-10-24)23-16(25)12-27-19-18-14-7-6-8-15(14)28-20(18)22-13(2)21-19/h5,9-11H,3-4,6-8,12H2,1-2H3,(H,23,25)/b11-5+,17-9+. The first-order valence-electron chi connectivity index (χ1n) is 9.31. The van der Waals surface area contributed by atoms with Crippen molar-refractivity contribution >= 4 is 57.3 Å². The summed E-state index contributed by atoms with van der Waals surface area (Å²) >= 11 is 4.53. The minimum atomic E-state index is -0.147. The highest BCUT2D eigenvalue weighted by atomic mass is 32.2. The van der Waals surface area contributed by atoms with Crippen molar-refractivity contribution in [2.24, 2.45) is 0 Å². The molecular weight excluding hydrogens is 410 g/mol. The Hall–Kier alpha value is -1.64. The molecule has 0 spiro atoms. The Kier molecular flexibility index (Phi) is 7.70. The molecule has 2 heterocycles. The van der Waals surface area contributed by atoms with Gasteiger partial charge in [-0.3, -0.25) is 9.59 Å². The van der Waals surface area contributed by atoms with Gasteiger partial charge < -0.3 is 5.32 Å². The highest BCUT2D eigenvalue weighted by molar-refractivity contribution is 8.05. The third-order valence-corrected chi connectivity index (χ3v) is 7.19. The summed E-state index contributed by atoms with van der Waals surface area (Å²) in [6, 6.07) is 0. The van der Waals surface area contributed by atoms with Crippen LogP contribution in [0.3, 0.4) is 0 Å². The molecule has 0 bridgehead atoms. The van der Waals surface area contributed by atoms with E-state index in [1.165, 1.54) is 46.5 Å². The van der Waals surface area contributed by atoms with Crippen molar-refractivity contribution in [3.05, 3.63) is 38.9 Å². The lowest BCUT2D eigenvalue weighted by Crippen LogP contribution is -2.23. The number of allylic oxidation sites excluding steroid dienone is 2. The highest BCUT2D eigenvalue weighted by Crippen LogP contribution is 2.40. The molecule has 3 rings (SSSR count). The van der Waals surface area contributed by atoms with Crippen molar-refractivity contribution in [3.63, 3.8) is 0 Å². The molecule has 0 saturated carbocycles. The summed E-state index contributed by atoms with van der Waals surface area (Å²) < 4.78 is 0. The molecule has 2 aromatic heterocycles. The molecule has 28 heavy (non-hydrogen) atoms. The molecular formula is C20H23N3O2S3. The summed E-state index contributed by atoms with van der Waals surface area (Å²) in [6.07, 6.45) is 9.49. The van der Waals surface area contributed by atoms with E-state index in [4.69, 9.17) is 0 Å². The molecule has 1 N–H and O–H groups in total. The van der Waals surface area contributed by atoms with E-state index in [-0.39, 0.29) is 11.7 Å². The number of carbonyl (C=O) groups excluding carboxylic acids is 2. The molecule has 8 heteroatoms. The molecule has 0 atom stereocenters. The maximum atomic E-state index is 12.4. The van der Waals surface area contributed by atoms with Crippen molar-refractivity contribution in [2.75, 3.05) is 5.75 Å². The van der Waals surface area contributed by atoms with Gasteiger partial charge in [-0.2, -0.15) is 0 Å². The zero-order valence-corrected chi connectivity index (χ0v) is 18.4. The molecule has 2 aromatic rings. The van der Waals surface area contributed by atoms with Crippen LogP contribution in [-0.4, -0.2) is 27.9 Å². The van der Waals surface area contributed by atoms with Crippen LogP contribution in [0, 0.1) is 6.92 Å². The largest absolute Gasteiger partial charge is 0.320 e. The van der Waals surface area contributed by atoms with Crippen molar-refractivity contribution < 1.29 is 9.59 Å². The first kappa shape index (κ1) is 21.1. The summed E-state index contributed by atoms with van der Waals surface area (Å²) in [4.78, 5) is 34.9. The SMILES string of the molecule is CCC/C=C/S/C(=C/C=O)NC(=O)CSc1nc(C)nc2sc3c(c12)CCC3. The molecule has 0 fully saturated rings. The fourth-order valence-electron chi connectivity index (χ4n) is 3.00. The van der Waals surface area contributed by atoms with Crippen molar-refractivity contribution in [1.29, 1.82) is 0 Å². The van der Waals surface area contributed by atoms with Gasteiger partial charge in [0.2, 0.25) is 5.91 Å². The topological polar surface area (TPSA) is 72.0 Å². The van der Waals surface area contributed by atoms with E-state index in [2.05, 4.69) is 22.2 Å². The molecule has 1 amide bonds. The van der Waals surface area contributed by atoms with Gasteiger partial charge in [0.25, 0.3) is 0 Å². The Balaban J connectivity index is 1.67. The number of fused-ring (bicyclic) bond motifs is 3. The van der Waals surface area contributed by atoms with Crippen LogP contribution in [0.5, 0.6) is 0 Å². The minimum Gasteiger partial charge on any atom is -0.320 e. The van der Waals surface area contributed by atoms with E-state index in [9.17, 15) is 9.59 Å². The number of hydrogen-bond donors (Lipinski definition) is 1. The monoisotopic (exact) mass is 433 g/mol. The summed E-state index contributed by atoms with van der Waals surface area (Å²) in [5.41, 5.74) is 1.36. The molecule has 0 aromatic carbocycles. The third kappa shape index (κ3) is 5.24. The van der Waals surface area contributed by atoms with Gasteiger partial charge in [0, 0.05) is 16.3 Å². The minimum absolute atomic E-state index is 0.147. The highest BCUT2D eigenvalue weighted by Gasteiger charge is 2.22. The lowest BCUT2D eigenvalue weighted by Gasteiger charge is -2.08. The van der Waals surface area contributed by atoms with Gasteiger partial charge in [-0.15, -0.1) is 11.3 Å². The first-order valence-corrected chi connectivity index (χ1v) is 12.0. The zero-order chi connectivity index (χ0) is 19.9. The summed E-state index contributed by atoms with van der Waals surface area (Å²) in [6.45, 7) is 3.99. The number of carbonyl (C=O) groups is 2. The Morgan fingerprint density at radius 3 is 2.96 bits per heavy atom. The third-order valence-electron chi connectivity index (χ3n) is 4.21. The van der Waals surface area contributed by atoms with Crippen molar-refractivity contribution in [3.8, 4) is 0 Å². The fourth-order valence-corrected chi connectivity index (χ4v) is 5.96. The van der Waals surface area contributed by atoms with Gasteiger partial charge in [0.15, 0.2) is 0 Å². The lowest BCUT2D eigenvalue weighted by atomic mass is 10.2. The number of hydrogen-bond acceptors (Lipinski definition) is 7. The number of thiophene rings is 1. The van der Waals surface area contributed by atoms with Crippen LogP contribution in [-0.2, 0) is 22.4 Å². The number of aromatic nitrogens is 2. The zero-order valence-electron chi connectivity index (χ0n) is 16.0. The van der Waals surface area contributed by atoms with E-state index in [1.807, 2.05) is 18.4 Å². The van der Waals surface area contributed by atoms with Crippen molar-refractivity contribution in [1.82, 2.24) is 15.3 Å². The van der Waals surface area contributed by atoms with Crippen LogP contribution in [0.1, 0.15) is 42.5 Å². The van der Waals surface area contributed by atoms with Gasteiger partial charge in [0.1, 0.15) is 22.0 Å². The van der Waals surface area contributed by atoms with Crippen LogP contribution >= 0.6 is 34.9 Å². The maximum Gasteiger partial charge on any atom is 0.235 e. The van der Waals surface area contributed by atoms with Gasteiger partial charge in [0.05, 0.1) is 10.8 Å². The predicted molar refractivity (Wildman–Crippen MR) is 119 cm³/mol. The number of amides is 1. The molecule has 1 aliphatic carbocycles. The smallest absolute Gasteiger partial charge is 0.235 e. The van der Waals surface area contributed by atoms with E-state index in [1.54, 1.807) is 11.3 Å². The van der Waals surface area contributed by atoms with Crippen molar-refractivity contribution in [2.45, 2.75) is 51.0 Å². The average Bonchev–Trinajstić information content (AvgIpc) is 3.24. The van der Waals surface area contributed by atoms with Crippen LogP contribution in [0.2, 0.25) is 0 Å². The van der Waals surface area contributed by atoms with E-state index < -0.39 is 0 Å².